The number of Topliss-reactive ketones (excluding diaryl/α,β-unsaturated/α-hetero) is 1. The molecule has 1 amide bonds. The highest BCUT2D eigenvalue weighted by atomic mass is 16.5. The molecule has 5 aliphatic carbocycles. The third-order valence-electron chi connectivity index (χ3n) is 13.3. The Balaban J connectivity index is 1.52. The molecule has 2 spiro atoms. The lowest BCUT2D eigenvalue weighted by Crippen LogP contribution is -2.64. The number of methoxy groups -OCH3 is 1. The average Bonchev–Trinajstić information content (AvgIpc) is 3.44. The summed E-state index contributed by atoms with van der Waals surface area (Å²) in [4.78, 5) is 29.5. The van der Waals surface area contributed by atoms with Gasteiger partial charge in [-0.25, -0.2) is 0 Å². The van der Waals surface area contributed by atoms with Crippen molar-refractivity contribution in [1.29, 1.82) is 0 Å². The number of hydrogen-bond acceptors (Lipinski definition) is 5. The number of nitrogens with one attached hydrogen (secondary N) is 1. The van der Waals surface area contributed by atoms with E-state index in [0.717, 1.165) is 38.5 Å². The number of nitrogens with zero attached hydrogens (tertiary/aromatic N) is 1. The number of aliphatic hydroxyl groups excluding tert-OH is 1. The molecule has 0 aliphatic heterocycles. The van der Waals surface area contributed by atoms with Gasteiger partial charge < -0.3 is 20.1 Å². The molecular weight excluding hydrogens is 464 g/mol. The summed E-state index contributed by atoms with van der Waals surface area (Å²) in [5.74, 6) is 1.32. The summed E-state index contributed by atoms with van der Waals surface area (Å²) >= 11 is 0. The van der Waals surface area contributed by atoms with Crippen molar-refractivity contribution in [3.8, 4) is 0 Å². The van der Waals surface area contributed by atoms with Crippen LogP contribution in [0.15, 0.2) is 0 Å². The van der Waals surface area contributed by atoms with Gasteiger partial charge in [0.1, 0.15) is 5.78 Å². The first-order chi connectivity index (χ1) is 17.2. The Kier molecular flexibility index (Phi) is 6.34. The van der Waals surface area contributed by atoms with Gasteiger partial charge in [-0.2, -0.15) is 0 Å². The lowest BCUT2D eigenvalue weighted by molar-refractivity contribution is -0.174. The first-order valence-corrected chi connectivity index (χ1v) is 14.8. The maximum absolute atomic E-state index is 14.5. The molecule has 0 bridgehead atoms. The fourth-order valence-corrected chi connectivity index (χ4v) is 11.3. The van der Waals surface area contributed by atoms with Crippen molar-refractivity contribution >= 4 is 11.7 Å². The van der Waals surface area contributed by atoms with E-state index >= 15 is 0 Å². The smallest absolute Gasteiger partial charge is 0.222 e. The molecule has 5 rings (SSSR count). The quantitative estimate of drug-likeness (QED) is 0.551. The van der Waals surface area contributed by atoms with Crippen molar-refractivity contribution in [2.45, 2.75) is 105 Å². The normalized spacial score (nSPS) is 51.2. The van der Waals surface area contributed by atoms with Gasteiger partial charge in [-0.05, 0) is 87.6 Å². The van der Waals surface area contributed by atoms with E-state index in [4.69, 9.17) is 4.74 Å². The first kappa shape index (κ1) is 27.6. The van der Waals surface area contributed by atoms with E-state index in [9.17, 15) is 14.7 Å². The summed E-state index contributed by atoms with van der Waals surface area (Å²) in [6.07, 6.45) is 6.03. The van der Waals surface area contributed by atoms with Gasteiger partial charge in [0.25, 0.3) is 0 Å². The third-order valence-corrected chi connectivity index (χ3v) is 13.3. The van der Waals surface area contributed by atoms with Crippen LogP contribution in [0.4, 0.5) is 0 Å². The number of aliphatic hydroxyl groups is 1. The second-order valence-electron chi connectivity index (χ2n) is 15.1. The van der Waals surface area contributed by atoms with Crippen LogP contribution in [0, 0.1) is 50.7 Å². The molecule has 0 aromatic carbocycles. The zero-order valence-corrected chi connectivity index (χ0v) is 24.8. The Morgan fingerprint density at radius 1 is 1.11 bits per heavy atom. The standard InChI is InChI=1S/C31H52N2O4/c1-18(2)26(36)32-23-12-13-30-16-31(30)22(11-10-21(30)27(23,4)17-37-9)28(5)14-20(34)25(19(3)33(7)8)29(28,6)15-24(31)35/h18-23,25,34H,10-17H2,1-9H3,(H,32,36)/t19?,20-,21?,22?,23+,25+,27+,28+,29-,30?,31?/m1/s1. The van der Waals surface area contributed by atoms with Gasteiger partial charge in [-0.15, -0.1) is 0 Å². The molecule has 11 atom stereocenters. The largest absolute Gasteiger partial charge is 0.393 e. The summed E-state index contributed by atoms with van der Waals surface area (Å²) in [5, 5.41) is 14.9. The molecular formula is C31H52N2O4. The number of ether oxygens (including phenoxy) is 1. The van der Waals surface area contributed by atoms with E-state index in [1.165, 1.54) is 0 Å². The molecule has 0 saturated heterocycles. The Hall–Kier alpha value is -0.980. The summed E-state index contributed by atoms with van der Waals surface area (Å²) < 4.78 is 5.84. The SMILES string of the molecule is COC[C@@]1(C)C2CCC3C4(CC24CC[C@@H]1NC(=O)C(C)C)C(=O)C[C@]1(C)[C@@H](C(C)N(C)C)[C@H](O)C[C@@]31C. The molecule has 0 aromatic rings. The molecule has 5 unspecified atom stereocenters. The number of rotatable bonds is 6. The van der Waals surface area contributed by atoms with E-state index in [1.54, 1.807) is 7.11 Å². The van der Waals surface area contributed by atoms with Crippen LogP contribution in [0.3, 0.4) is 0 Å². The van der Waals surface area contributed by atoms with Gasteiger partial charge >= 0.3 is 0 Å². The third kappa shape index (κ3) is 3.27. The fourth-order valence-electron chi connectivity index (χ4n) is 11.3. The minimum absolute atomic E-state index is 0.0138. The van der Waals surface area contributed by atoms with E-state index < -0.39 is 0 Å². The Morgan fingerprint density at radius 2 is 1.76 bits per heavy atom. The number of carbonyl (C=O) groups excluding carboxylic acids is 2. The van der Waals surface area contributed by atoms with Crippen molar-refractivity contribution in [2.24, 2.45) is 50.7 Å². The van der Waals surface area contributed by atoms with Crippen molar-refractivity contribution in [1.82, 2.24) is 10.2 Å². The topological polar surface area (TPSA) is 78.9 Å². The molecule has 0 radical (unpaired) electrons. The van der Waals surface area contributed by atoms with Crippen LogP contribution in [0.2, 0.25) is 0 Å². The Morgan fingerprint density at radius 3 is 2.35 bits per heavy atom. The molecule has 6 nitrogen and oxygen atoms in total. The van der Waals surface area contributed by atoms with Crippen LogP contribution in [-0.4, -0.2) is 67.7 Å². The van der Waals surface area contributed by atoms with E-state index in [-0.39, 0.29) is 63.0 Å². The van der Waals surface area contributed by atoms with Gasteiger partial charge in [0.15, 0.2) is 0 Å². The molecule has 0 heterocycles. The van der Waals surface area contributed by atoms with Gasteiger partial charge in [0, 0.05) is 48.3 Å². The Labute approximate surface area is 224 Å². The van der Waals surface area contributed by atoms with Crippen LogP contribution < -0.4 is 5.32 Å². The van der Waals surface area contributed by atoms with Gasteiger partial charge in [0.05, 0.1) is 12.7 Å². The molecule has 5 saturated carbocycles. The van der Waals surface area contributed by atoms with Crippen molar-refractivity contribution in [2.75, 3.05) is 27.8 Å². The zero-order chi connectivity index (χ0) is 27.3. The number of ketones is 1. The van der Waals surface area contributed by atoms with Crippen molar-refractivity contribution in [3.05, 3.63) is 0 Å². The van der Waals surface area contributed by atoms with Gasteiger partial charge in [-0.3, -0.25) is 9.59 Å². The fraction of sp³-hybridized carbons (Fsp3) is 0.935. The van der Waals surface area contributed by atoms with Gasteiger partial charge in [-0.1, -0.05) is 34.6 Å². The lowest BCUT2D eigenvalue weighted by Gasteiger charge is -2.63. The zero-order valence-electron chi connectivity index (χ0n) is 24.8. The highest BCUT2D eigenvalue weighted by Gasteiger charge is 2.86. The predicted molar refractivity (Wildman–Crippen MR) is 145 cm³/mol. The summed E-state index contributed by atoms with van der Waals surface area (Å²) in [7, 11) is 5.96. The molecule has 210 valence electrons. The van der Waals surface area contributed by atoms with E-state index in [0.29, 0.717) is 30.6 Å². The molecule has 0 aromatic heterocycles. The molecule has 5 fully saturated rings. The average molecular weight is 517 g/mol. The number of fused-ring (bicyclic) bond motifs is 2. The Bertz CT molecular complexity index is 967. The maximum atomic E-state index is 14.5. The number of hydrogen-bond donors (Lipinski definition) is 2. The second kappa shape index (κ2) is 8.51. The van der Waals surface area contributed by atoms with Crippen LogP contribution in [0.25, 0.3) is 0 Å². The summed E-state index contributed by atoms with van der Waals surface area (Å²) in [6, 6.07) is 0.295. The van der Waals surface area contributed by atoms with Crippen molar-refractivity contribution in [3.63, 3.8) is 0 Å². The van der Waals surface area contributed by atoms with Crippen LogP contribution in [0.1, 0.15) is 86.5 Å². The second-order valence-corrected chi connectivity index (χ2v) is 15.1. The highest BCUT2D eigenvalue weighted by molar-refractivity contribution is 5.92. The molecule has 5 aliphatic rings. The monoisotopic (exact) mass is 516 g/mol. The van der Waals surface area contributed by atoms with Crippen molar-refractivity contribution < 1.29 is 19.4 Å². The lowest BCUT2D eigenvalue weighted by atomic mass is 9.41. The van der Waals surface area contributed by atoms with Gasteiger partial charge in [0.2, 0.25) is 5.91 Å². The first-order valence-electron chi connectivity index (χ1n) is 14.8. The van der Waals surface area contributed by atoms with Crippen LogP contribution >= 0.6 is 0 Å². The summed E-state index contributed by atoms with van der Waals surface area (Å²) in [5.41, 5.74) is -0.685. The number of amides is 1. The van der Waals surface area contributed by atoms with E-state index in [1.807, 2.05) is 13.8 Å². The highest BCUT2D eigenvalue weighted by Crippen LogP contribution is 2.87. The molecule has 37 heavy (non-hydrogen) atoms. The van der Waals surface area contributed by atoms with Crippen LogP contribution in [0.5, 0.6) is 0 Å². The molecule has 6 heteroatoms. The number of carbonyl (C=O) groups is 2. The minimum Gasteiger partial charge on any atom is -0.393 e. The minimum atomic E-state index is -0.372. The summed E-state index contributed by atoms with van der Waals surface area (Å²) in [6.45, 7) is 13.8. The maximum Gasteiger partial charge on any atom is 0.222 e. The van der Waals surface area contributed by atoms with Crippen LogP contribution in [-0.2, 0) is 14.3 Å². The van der Waals surface area contributed by atoms with E-state index in [2.05, 4.69) is 52.0 Å². The molecule has 2 N–H and O–H groups in total. The predicted octanol–water partition coefficient (Wildman–Crippen LogP) is 4.29.